The van der Waals surface area contributed by atoms with E-state index in [0.717, 1.165) is 23.8 Å². The van der Waals surface area contributed by atoms with Gasteiger partial charge in [-0.2, -0.15) is 5.10 Å². The Labute approximate surface area is 133 Å². The molecular formula is C16H19N3O4. The molecule has 0 bridgehead atoms. The van der Waals surface area contributed by atoms with Gasteiger partial charge in [-0.25, -0.2) is 4.79 Å². The van der Waals surface area contributed by atoms with Crippen molar-refractivity contribution in [2.45, 2.75) is 25.8 Å². The van der Waals surface area contributed by atoms with E-state index in [-0.39, 0.29) is 5.92 Å². The second-order valence-electron chi connectivity index (χ2n) is 5.91. The second-order valence-corrected chi connectivity index (χ2v) is 5.91. The van der Waals surface area contributed by atoms with E-state index in [0.29, 0.717) is 24.3 Å². The van der Waals surface area contributed by atoms with E-state index in [1.807, 2.05) is 13.0 Å². The van der Waals surface area contributed by atoms with Gasteiger partial charge >= 0.3 is 5.97 Å². The number of H-pyrrole nitrogens is 1. The van der Waals surface area contributed by atoms with Crippen molar-refractivity contribution < 1.29 is 19.4 Å². The molecule has 1 aromatic heterocycles. The van der Waals surface area contributed by atoms with Gasteiger partial charge in [-0.15, -0.1) is 0 Å². The maximum atomic E-state index is 12.6. The number of carbonyl (C=O) groups is 2. The molecule has 2 atom stereocenters. The Kier molecular flexibility index (Phi) is 4.29. The number of aromatic amines is 1. The van der Waals surface area contributed by atoms with Crippen LogP contribution in [0.3, 0.4) is 0 Å². The summed E-state index contributed by atoms with van der Waals surface area (Å²) in [5, 5.41) is 19.7. The highest BCUT2D eigenvalue weighted by Gasteiger charge is 2.32. The molecule has 2 heterocycles. The SMILES string of the molecule is Cc1cc(C(=O)NC(C(=O)O)C2CCCOC2)c2[nH]ncc2c1. The highest BCUT2D eigenvalue weighted by Crippen LogP contribution is 2.21. The molecule has 7 nitrogen and oxygen atoms in total. The van der Waals surface area contributed by atoms with E-state index in [2.05, 4.69) is 15.5 Å². The van der Waals surface area contributed by atoms with Crippen LogP contribution in [0.1, 0.15) is 28.8 Å². The third-order valence-corrected chi connectivity index (χ3v) is 4.16. The first-order chi connectivity index (χ1) is 11.1. The van der Waals surface area contributed by atoms with E-state index in [1.54, 1.807) is 12.3 Å². The quantitative estimate of drug-likeness (QED) is 0.792. The summed E-state index contributed by atoms with van der Waals surface area (Å²) in [6.07, 6.45) is 3.17. The van der Waals surface area contributed by atoms with E-state index >= 15 is 0 Å². The molecular weight excluding hydrogens is 298 g/mol. The molecule has 0 spiro atoms. The molecule has 1 saturated heterocycles. The van der Waals surface area contributed by atoms with Crippen LogP contribution in [-0.2, 0) is 9.53 Å². The average molecular weight is 317 g/mol. The number of carbonyl (C=O) groups excluding carboxylic acids is 1. The number of carboxylic acid groups (broad SMARTS) is 1. The Morgan fingerprint density at radius 1 is 1.48 bits per heavy atom. The minimum Gasteiger partial charge on any atom is -0.480 e. The smallest absolute Gasteiger partial charge is 0.326 e. The molecule has 0 aliphatic carbocycles. The first-order valence-electron chi connectivity index (χ1n) is 7.61. The predicted octanol–water partition coefficient (Wildman–Crippen LogP) is 1.48. The van der Waals surface area contributed by atoms with E-state index in [9.17, 15) is 14.7 Å². The van der Waals surface area contributed by atoms with Crippen LogP contribution in [-0.4, -0.2) is 46.4 Å². The topological polar surface area (TPSA) is 104 Å². The maximum absolute atomic E-state index is 12.6. The summed E-state index contributed by atoms with van der Waals surface area (Å²) in [7, 11) is 0. The number of aryl methyl sites for hydroxylation is 1. The lowest BCUT2D eigenvalue weighted by Gasteiger charge is -2.28. The molecule has 1 amide bonds. The monoisotopic (exact) mass is 317 g/mol. The first kappa shape index (κ1) is 15.5. The second kappa shape index (κ2) is 6.37. The van der Waals surface area contributed by atoms with Crippen LogP contribution >= 0.6 is 0 Å². The zero-order chi connectivity index (χ0) is 16.4. The molecule has 2 unspecified atom stereocenters. The number of nitrogens with zero attached hydrogens (tertiary/aromatic N) is 1. The van der Waals surface area contributed by atoms with Gasteiger partial charge in [0.15, 0.2) is 0 Å². The van der Waals surface area contributed by atoms with Crippen molar-refractivity contribution >= 4 is 22.8 Å². The molecule has 3 rings (SSSR count). The van der Waals surface area contributed by atoms with Crippen molar-refractivity contribution in [3.63, 3.8) is 0 Å². The highest BCUT2D eigenvalue weighted by atomic mass is 16.5. The lowest BCUT2D eigenvalue weighted by molar-refractivity contribution is -0.142. The van der Waals surface area contributed by atoms with E-state index in [1.165, 1.54) is 0 Å². The lowest BCUT2D eigenvalue weighted by Crippen LogP contribution is -2.48. The Balaban J connectivity index is 1.85. The fourth-order valence-electron chi connectivity index (χ4n) is 3.02. The van der Waals surface area contributed by atoms with Gasteiger partial charge in [-0.1, -0.05) is 0 Å². The third kappa shape index (κ3) is 3.19. The third-order valence-electron chi connectivity index (χ3n) is 4.16. The molecule has 1 aliphatic heterocycles. The van der Waals surface area contributed by atoms with Crippen LogP contribution < -0.4 is 5.32 Å². The van der Waals surface area contributed by atoms with Crippen molar-refractivity contribution in [2.24, 2.45) is 5.92 Å². The first-order valence-corrected chi connectivity index (χ1v) is 7.61. The van der Waals surface area contributed by atoms with Crippen molar-refractivity contribution in [3.8, 4) is 0 Å². The number of rotatable bonds is 4. The number of hydrogen-bond donors (Lipinski definition) is 3. The fraction of sp³-hybridized carbons (Fsp3) is 0.438. The highest BCUT2D eigenvalue weighted by molar-refractivity contribution is 6.06. The van der Waals surface area contributed by atoms with Crippen molar-refractivity contribution in [1.82, 2.24) is 15.5 Å². The van der Waals surface area contributed by atoms with Crippen molar-refractivity contribution in [2.75, 3.05) is 13.2 Å². The van der Waals surface area contributed by atoms with Crippen LogP contribution in [0.5, 0.6) is 0 Å². The predicted molar refractivity (Wildman–Crippen MR) is 83.3 cm³/mol. The van der Waals surface area contributed by atoms with Crippen LogP contribution in [0.4, 0.5) is 0 Å². The summed E-state index contributed by atoms with van der Waals surface area (Å²) < 4.78 is 5.35. The Bertz CT molecular complexity index is 734. The van der Waals surface area contributed by atoms with Gasteiger partial charge in [0.2, 0.25) is 0 Å². The largest absolute Gasteiger partial charge is 0.480 e. The number of fused-ring (bicyclic) bond motifs is 1. The van der Waals surface area contributed by atoms with Gasteiger partial charge in [0, 0.05) is 17.9 Å². The van der Waals surface area contributed by atoms with Gasteiger partial charge in [0.1, 0.15) is 6.04 Å². The molecule has 7 heteroatoms. The minimum atomic E-state index is -1.04. The molecule has 1 aliphatic rings. The van der Waals surface area contributed by atoms with Gasteiger partial charge in [0.25, 0.3) is 5.91 Å². The van der Waals surface area contributed by atoms with Crippen molar-refractivity contribution in [3.05, 3.63) is 29.5 Å². The maximum Gasteiger partial charge on any atom is 0.326 e. The Hall–Kier alpha value is -2.41. The molecule has 1 fully saturated rings. The summed E-state index contributed by atoms with van der Waals surface area (Å²) in [5.41, 5.74) is 1.93. The molecule has 2 aromatic rings. The number of ether oxygens (including phenoxy) is 1. The van der Waals surface area contributed by atoms with Crippen LogP contribution in [0.2, 0.25) is 0 Å². The number of nitrogens with one attached hydrogen (secondary N) is 2. The summed E-state index contributed by atoms with van der Waals surface area (Å²) >= 11 is 0. The summed E-state index contributed by atoms with van der Waals surface area (Å²) in [5.74, 6) is -1.67. The number of carboxylic acids is 1. The zero-order valence-electron chi connectivity index (χ0n) is 12.8. The summed E-state index contributed by atoms with van der Waals surface area (Å²) in [6, 6.07) is 2.69. The lowest BCUT2D eigenvalue weighted by atomic mass is 9.93. The number of benzene rings is 1. The molecule has 23 heavy (non-hydrogen) atoms. The molecule has 122 valence electrons. The number of aromatic nitrogens is 2. The number of aliphatic carboxylic acids is 1. The minimum absolute atomic E-state index is 0.215. The molecule has 3 N–H and O–H groups in total. The number of amides is 1. The van der Waals surface area contributed by atoms with E-state index < -0.39 is 17.9 Å². The van der Waals surface area contributed by atoms with Gasteiger partial charge in [-0.05, 0) is 37.5 Å². The Morgan fingerprint density at radius 2 is 2.30 bits per heavy atom. The summed E-state index contributed by atoms with van der Waals surface area (Å²) in [4.78, 5) is 24.2. The average Bonchev–Trinajstić information content (AvgIpc) is 3.00. The van der Waals surface area contributed by atoms with Gasteiger partial charge in [-0.3, -0.25) is 9.89 Å². The van der Waals surface area contributed by atoms with Crippen LogP contribution in [0.25, 0.3) is 10.9 Å². The molecule has 0 radical (unpaired) electrons. The van der Waals surface area contributed by atoms with Gasteiger partial charge < -0.3 is 15.2 Å². The molecule has 1 aromatic carbocycles. The fourth-order valence-corrected chi connectivity index (χ4v) is 3.02. The summed E-state index contributed by atoms with van der Waals surface area (Å²) in [6.45, 7) is 2.88. The standard InChI is InChI=1S/C16H19N3O4/c1-9-5-11-7-17-19-13(11)12(6-9)15(20)18-14(16(21)22)10-3-2-4-23-8-10/h5-7,10,14H,2-4,8H2,1H3,(H,17,19)(H,18,20)(H,21,22). The zero-order valence-corrected chi connectivity index (χ0v) is 12.8. The van der Waals surface area contributed by atoms with Crippen molar-refractivity contribution in [1.29, 1.82) is 0 Å². The van der Waals surface area contributed by atoms with Crippen LogP contribution in [0.15, 0.2) is 18.3 Å². The van der Waals surface area contributed by atoms with Crippen LogP contribution in [0, 0.1) is 12.8 Å². The number of hydrogen-bond acceptors (Lipinski definition) is 4. The molecule has 0 saturated carbocycles. The van der Waals surface area contributed by atoms with E-state index in [4.69, 9.17) is 4.74 Å². The van der Waals surface area contributed by atoms with Gasteiger partial charge in [0.05, 0.1) is 23.9 Å². The Morgan fingerprint density at radius 3 is 3.00 bits per heavy atom. The normalized spacial score (nSPS) is 19.4.